The van der Waals surface area contributed by atoms with Gasteiger partial charge in [-0.2, -0.15) is 0 Å². The fraction of sp³-hybridized carbons (Fsp3) is 0.364. The van der Waals surface area contributed by atoms with Crippen LogP contribution in [0.4, 0.5) is 5.69 Å². The molecule has 108 valence electrons. The van der Waals surface area contributed by atoms with E-state index < -0.39 is 30.5 Å². The van der Waals surface area contributed by atoms with Gasteiger partial charge in [-0.15, -0.1) is 0 Å². The molecule has 0 saturated heterocycles. The maximum atomic E-state index is 11.9. The van der Waals surface area contributed by atoms with Gasteiger partial charge in [-0.3, -0.25) is 14.9 Å². The Morgan fingerprint density at radius 2 is 2.05 bits per heavy atom. The van der Waals surface area contributed by atoms with Crippen LogP contribution in [0, 0.1) is 16.0 Å². The largest absolute Gasteiger partial charge is 0.352 e. The highest BCUT2D eigenvalue weighted by atomic mass is 35.7. The number of nitro benzene ring substituents is 1. The van der Waals surface area contributed by atoms with Crippen molar-refractivity contribution in [3.63, 3.8) is 0 Å². The van der Waals surface area contributed by atoms with Crippen LogP contribution in [0.25, 0.3) is 0 Å². The summed E-state index contributed by atoms with van der Waals surface area (Å²) in [5.74, 6) is -0.115. The molecular formula is C11H11ClN2O5S. The van der Waals surface area contributed by atoms with Gasteiger partial charge in [0.2, 0.25) is 0 Å². The normalized spacial score (nSPS) is 14.8. The van der Waals surface area contributed by atoms with Gasteiger partial charge in [-0.05, 0) is 24.8 Å². The minimum absolute atomic E-state index is 0.0981. The summed E-state index contributed by atoms with van der Waals surface area (Å²) < 4.78 is 22.5. The molecule has 0 spiro atoms. The van der Waals surface area contributed by atoms with Crippen molar-refractivity contribution in [1.82, 2.24) is 5.32 Å². The topological polar surface area (TPSA) is 106 Å². The molecule has 1 fully saturated rings. The number of non-ortho nitro benzene ring substituents is 1. The Morgan fingerprint density at radius 3 is 2.55 bits per heavy atom. The van der Waals surface area contributed by atoms with Gasteiger partial charge in [0.15, 0.2) is 0 Å². The summed E-state index contributed by atoms with van der Waals surface area (Å²) >= 11 is 0. The van der Waals surface area contributed by atoms with Crippen LogP contribution in [0.3, 0.4) is 0 Å². The van der Waals surface area contributed by atoms with Crippen molar-refractivity contribution < 1.29 is 18.1 Å². The molecule has 0 radical (unpaired) electrons. The molecule has 1 aliphatic rings. The number of amides is 1. The summed E-state index contributed by atoms with van der Waals surface area (Å²) in [7, 11) is 1.02. The first-order valence-corrected chi connectivity index (χ1v) is 8.10. The Labute approximate surface area is 119 Å². The Morgan fingerprint density at radius 1 is 1.40 bits per heavy atom. The predicted molar refractivity (Wildman–Crippen MR) is 71.2 cm³/mol. The second kappa shape index (κ2) is 5.37. The number of carbonyl (C=O) groups is 1. The molecule has 1 amide bonds. The van der Waals surface area contributed by atoms with Gasteiger partial charge in [0.25, 0.3) is 20.6 Å². The van der Waals surface area contributed by atoms with Gasteiger partial charge >= 0.3 is 0 Å². The minimum atomic E-state index is -4.15. The number of nitro groups is 1. The number of rotatable bonds is 5. The zero-order valence-corrected chi connectivity index (χ0v) is 11.8. The summed E-state index contributed by atoms with van der Waals surface area (Å²) in [6, 6.07) is 2.87. The van der Waals surface area contributed by atoms with Crippen molar-refractivity contribution >= 4 is 31.3 Å². The molecule has 0 aliphatic heterocycles. The van der Waals surface area contributed by atoms with E-state index in [0.717, 1.165) is 31.0 Å². The molecule has 0 bridgehead atoms. The zero-order valence-electron chi connectivity index (χ0n) is 10.2. The standard InChI is InChI=1S/C11H11ClN2O5S/c12-20(18,19)10-4-8(3-9(5-10)14(16)17)11(15)13-6-7-1-2-7/h3-5,7H,1-2,6H2,(H,13,15). The van der Waals surface area contributed by atoms with Crippen LogP contribution < -0.4 is 5.32 Å². The number of carbonyl (C=O) groups excluding carboxylic acids is 1. The minimum Gasteiger partial charge on any atom is -0.352 e. The van der Waals surface area contributed by atoms with E-state index in [-0.39, 0.29) is 5.56 Å². The summed E-state index contributed by atoms with van der Waals surface area (Å²) in [5, 5.41) is 13.4. The maximum absolute atomic E-state index is 11.9. The first-order valence-electron chi connectivity index (χ1n) is 5.79. The van der Waals surface area contributed by atoms with Crippen molar-refractivity contribution in [1.29, 1.82) is 0 Å². The Hall–Kier alpha value is -1.67. The van der Waals surface area contributed by atoms with E-state index in [4.69, 9.17) is 10.7 Å². The fourth-order valence-corrected chi connectivity index (χ4v) is 2.42. The van der Waals surface area contributed by atoms with Crippen LogP contribution in [0.1, 0.15) is 23.2 Å². The van der Waals surface area contributed by atoms with E-state index in [0.29, 0.717) is 12.5 Å². The molecule has 7 nitrogen and oxygen atoms in total. The molecule has 0 atom stereocenters. The van der Waals surface area contributed by atoms with Crippen molar-refractivity contribution in [2.45, 2.75) is 17.7 Å². The zero-order chi connectivity index (χ0) is 14.9. The van der Waals surface area contributed by atoms with E-state index in [1.807, 2.05) is 0 Å². The van der Waals surface area contributed by atoms with Crippen LogP contribution in [0.2, 0.25) is 0 Å². The van der Waals surface area contributed by atoms with E-state index in [1.165, 1.54) is 0 Å². The number of benzene rings is 1. The third-order valence-electron chi connectivity index (χ3n) is 2.89. The monoisotopic (exact) mass is 318 g/mol. The first kappa shape index (κ1) is 14.7. The molecule has 9 heteroatoms. The van der Waals surface area contributed by atoms with Crippen LogP contribution in [0.5, 0.6) is 0 Å². The van der Waals surface area contributed by atoms with Gasteiger partial charge in [0, 0.05) is 34.9 Å². The Balaban J connectivity index is 2.32. The summed E-state index contributed by atoms with van der Waals surface area (Å²) in [6.07, 6.45) is 2.08. The van der Waals surface area contributed by atoms with Gasteiger partial charge in [0.05, 0.1) is 9.82 Å². The third kappa shape index (κ3) is 3.67. The fourth-order valence-electron chi connectivity index (χ4n) is 1.62. The molecule has 2 rings (SSSR count). The SMILES string of the molecule is O=C(NCC1CC1)c1cc([N+](=O)[O-])cc(S(=O)(=O)Cl)c1. The highest BCUT2D eigenvalue weighted by Crippen LogP contribution is 2.28. The number of hydrogen-bond donors (Lipinski definition) is 1. The molecule has 1 N–H and O–H groups in total. The second-order valence-electron chi connectivity index (χ2n) is 4.56. The molecular weight excluding hydrogens is 308 g/mol. The average Bonchev–Trinajstić information content (AvgIpc) is 3.18. The highest BCUT2D eigenvalue weighted by Gasteiger charge is 2.24. The predicted octanol–water partition coefficient (Wildman–Crippen LogP) is 1.66. The average molecular weight is 319 g/mol. The van der Waals surface area contributed by atoms with E-state index in [2.05, 4.69) is 5.32 Å². The van der Waals surface area contributed by atoms with E-state index in [9.17, 15) is 23.3 Å². The van der Waals surface area contributed by atoms with E-state index in [1.54, 1.807) is 0 Å². The summed E-state index contributed by atoms with van der Waals surface area (Å²) in [6.45, 7) is 0.477. The highest BCUT2D eigenvalue weighted by molar-refractivity contribution is 8.13. The van der Waals surface area contributed by atoms with Crippen molar-refractivity contribution in [2.75, 3.05) is 6.54 Å². The Bertz CT molecular complexity index is 669. The molecule has 1 saturated carbocycles. The van der Waals surface area contributed by atoms with Crippen LogP contribution >= 0.6 is 10.7 Å². The number of hydrogen-bond acceptors (Lipinski definition) is 5. The molecule has 1 aromatic carbocycles. The molecule has 0 heterocycles. The van der Waals surface area contributed by atoms with Gasteiger partial charge in [0.1, 0.15) is 0 Å². The third-order valence-corrected chi connectivity index (χ3v) is 4.23. The lowest BCUT2D eigenvalue weighted by Gasteiger charge is -2.05. The maximum Gasteiger partial charge on any atom is 0.271 e. The lowest BCUT2D eigenvalue weighted by molar-refractivity contribution is -0.385. The van der Waals surface area contributed by atoms with Crippen LogP contribution in [-0.4, -0.2) is 25.8 Å². The summed E-state index contributed by atoms with van der Waals surface area (Å²) in [4.78, 5) is 21.4. The molecule has 1 aliphatic carbocycles. The number of nitrogens with one attached hydrogen (secondary N) is 1. The van der Waals surface area contributed by atoms with E-state index >= 15 is 0 Å². The quantitative estimate of drug-likeness (QED) is 0.505. The lowest BCUT2D eigenvalue weighted by atomic mass is 10.2. The van der Waals surface area contributed by atoms with Crippen LogP contribution in [-0.2, 0) is 9.05 Å². The molecule has 20 heavy (non-hydrogen) atoms. The number of halogens is 1. The second-order valence-corrected chi connectivity index (χ2v) is 7.13. The van der Waals surface area contributed by atoms with Gasteiger partial charge in [-0.1, -0.05) is 0 Å². The van der Waals surface area contributed by atoms with Crippen LogP contribution in [0.15, 0.2) is 23.1 Å². The summed E-state index contributed by atoms with van der Waals surface area (Å²) in [5.41, 5.74) is -0.595. The number of nitrogens with zero attached hydrogens (tertiary/aromatic N) is 1. The first-order chi connectivity index (χ1) is 9.27. The molecule has 0 aromatic heterocycles. The lowest BCUT2D eigenvalue weighted by Crippen LogP contribution is -2.25. The van der Waals surface area contributed by atoms with Crippen molar-refractivity contribution in [3.8, 4) is 0 Å². The van der Waals surface area contributed by atoms with Gasteiger partial charge in [-0.25, -0.2) is 8.42 Å². The van der Waals surface area contributed by atoms with Gasteiger partial charge < -0.3 is 5.32 Å². The smallest absolute Gasteiger partial charge is 0.271 e. The van der Waals surface area contributed by atoms with Crippen molar-refractivity contribution in [2.24, 2.45) is 5.92 Å². The molecule has 1 aromatic rings. The Kier molecular flexibility index (Phi) is 3.96. The molecule has 0 unspecified atom stereocenters. The van der Waals surface area contributed by atoms with Crippen molar-refractivity contribution in [3.05, 3.63) is 33.9 Å².